The van der Waals surface area contributed by atoms with Gasteiger partial charge in [0, 0.05) is 38.8 Å². The lowest BCUT2D eigenvalue weighted by Gasteiger charge is -2.31. The Morgan fingerprint density at radius 3 is 2.38 bits per heavy atom. The van der Waals surface area contributed by atoms with Crippen LogP contribution in [0.25, 0.3) is 0 Å². The molecule has 3 rings (SSSR count). The number of rotatable bonds is 3. The molecule has 0 radical (unpaired) electrons. The molecule has 0 atom stereocenters. The highest BCUT2D eigenvalue weighted by Crippen LogP contribution is 2.52. The van der Waals surface area contributed by atoms with Crippen molar-refractivity contribution in [1.82, 2.24) is 4.90 Å². The van der Waals surface area contributed by atoms with E-state index in [4.69, 9.17) is 11.5 Å². The standard InChI is InChI=1S/C15H24N4OS/c1-18(2)14(20)13-12(17)11(9-3-4-9)15(21-13)19-7-5-10(16)6-8-19/h9-10H,3-8,16-17H2,1-2H3. The molecule has 0 spiro atoms. The summed E-state index contributed by atoms with van der Waals surface area (Å²) in [5.74, 6) is 0.565. The highest BCUT2D eigenvalue weighted by atomic mass is 32.1. The van der Waals surface area contributed by atoms with E-state index in [9.17, 15) is 4.79 Å². The van der Waals surface area contributed by atoms with E-state index < -0.39 is 0 Å². The van der Waals surface area contributed by atoms with Gasteiger partial charge in [0.1, 0.15) is 4.88 Å². The number of carbonyl (C=O) groups excluding carboxylic acids is 1. The third-order valence-electron chi connectivity index (χ3n) is 4.38. The molecule has 1 aromatic rings. The van der Waals surface area contributed by atoms with Crippen LogP contribution in [-0.2, 0) is 0 Å². The second-order valence-corrected chi connectivity index (χ2v) is 7.36. The molecule has 5 nitrogen and oxygen atoms in total. The van der Waals surface area contributed by atoms with Crippen LogP contribution < -0.4 is 16.4 Å². The molecule has 6 heteroatoms. The van der Waals surface area contributed by atoms with Crippen LogP contribution in [0.5, 0.6) is 0 Å². The maximum absolute atomic E-state index is 12.3. The lowest BCUT2D eigenvalue weighted by molar-refractivity contribution is 0.0833. The van der Waals surface area contributed by atoms with Gasteiger partial charge in [-0.25, -0.2) is 0 Å². The van der Waals surface area contributed by atoms with Gasteiger partial charge in [0.05, 0.1) is 10.7 Å². The van der Waals surface area contributed by atoms with Crippen LogP contribution in [0.15, 0.2) is 0 Å². The van der Waals surface area contributed by atoms with Gasteiger partial charge in [-0.1, -0.05) is 0 Å². The van der Waals surface area contributed by atoms with Crippen molar-refractivity contribution >= 4 is 27.9 Å². The van der Waals surface area contributed by atoms with Crippen LogP contribution in [0.2, 0.25) is 0 Å². The van der Waals surface area contributed by atoms with Gasteiger partial charge in [-0.3, -0.25) is 4.79 Å². The van der Waals surface area contributed by atoms with Crippen molar-refractivity contribution < 1.29 is 4.79 Å². The molecule has 116 valence electrons. The number of amides is 1. The normalized spacial score (nSPS) is 19.9. The van der Waals surface area contributed by atoms with Crippen molar-refractivity contribution in [3.8, 4) is 0 Å². The van der Waals surface area contributed by atoms with Crippen LogP contribution >= 0.6 is 11.3 Å². The molecule has 1 aliphatic heterocycles. The molecule has 4 N–H and O–H groups in total. The van der Waals surface area contributed by atoms with E-state index in [1.807, 2.05) is 0 Å². The van der Waals surface area contributed by atoms with Crippen LogP contribution in [0, 0.1) is 0 Å². The summed E-state index contributed by atoms with van der Waals surface area (Å²) in [7, 11) is 3.55. The predicted molar refractivity (Wildman–Crippen MR) is 88.1 cm³/mol. The summed E-state index contributed by atoms with van der Waals surface area (Å²) in [5, 5.41) is 1.21. The molecule has 1 saturated heterocycles. The fourth-order valence-corrected chi connectivity index (χ4v) is 4.29. The molecule has 1 amide bonds. The van der Waals surface area contributed by atoms with Crippen LogP contribution in [-0.4, -0.2) is 44.0 Å². The molecule has 21 heavy (non-hydrogen) atoms. The number of nitrogen functional groups attached to an aromatic ring is 1. The van der Waals surface area contributed by atoms with Gasteiger partial charge >= 0.3 is 0 Å². The Balaban J connectivity index is 1.95. The number of carbonyl (C=O) groups is 1. The van der Waals surface area contributed by atoms with Gasteiger partial charge in [0.15, 0.2) is 0 Å². The molecule has 2 aliphatic rings. The summed E-state index contributed by atoms with van der Waals surface area (Å²) in [6.45, 7) is 1.94. The van der Waals surface area contributed by atoms with Crippen LogP contribution in [0.4, 0.5) is 10.7 Å². The summed E-state index contributed by atoms with van der Waals surface area (Å²) < 4.78 is 0. The molecule has 1 aromatic heterocycles. The summed E-state index contributed by atoms with van der Waals surface area (Å²) in [6.07, 6.45) is 4.41. The minimum absolute atomic E-state index is 0.0133. The second kappa shape index (κ2) is 5.50. The molecule has 1 saturated carbocycles. The zero-order valence-electron chi connectivity index (χ0n) is 12.8. The van der Waals surface area contributed by atoms with E-state index in [1.165, 1.54) is 23.4 Å². The second-order valence-electron chi connectivity index (χ2n) is 6.36. The first kappa shape index (κ1) is 14.7. The SMILES string of the molecule is CN(C)C(=O)c1sc(N2CCC(N)CC2)c(C2CC2)c1N. The highest BCUT2D eigenvalue weighted by molar-refractivity contribution is 7.18. The number of thiophene rings is 1. The summed E-state index contributed by atoms with van der Waals surface area (Å²) >= 11 is 1.57. The maximum atomic E-state index is 12.3. The first-order valence-electron chi connectivity index (χ1n) is 7.63. The van der Waals surface area contributed by atoms with E-state index in [-0.39, 0.29) is 5.91 Å². The lowest BCUT2D eigenvalue weighted by Crippen LogP contribution is -2.39. The minimum atomic E-state index is 0.0133. The molecule has 0 aromatic carbocycles. The molecule has 0 bridgehead atoms. The van der Waals surface area contributed by atoms with Gasteiger partial charge in [-0.15, -0.1) is 11.3 Å². The number of hydrogen-bond donors (Lipinski definition) is 2. The lowest BCUT2D eigenvalue weighted by atomic mass is 10.0. The summed E-state index contributed by atoms with van der Waals surface area (Å²) in [6, 6.07) is 0.311. The fraction of sp³-hybridized carbons (Fsp3) is 0.667. The largest absolute Gasteiger partial charge is 0.397 e. The van der Waals surface area contributed by atoms with Crippen molar-refractivity contribution in [2.75, 3.05) is 37.8 Å². The molecule has 0 unspecified atom stereocenters. The van der Waals surface area contributed by atoms with E-state index >= 15 is 0 Å². The van der Waals surface area contributed by atoms with Crippen molar-refractivity contribution in [1.29, 1.82) is 0 Å². The number of hydrogen-bond acceptors (Lipinski definition) is 5. The first-order chi connectivity index (χ1) is 9.99. The fourth-order valence-electron chi connectivity index (χ4n) is 2.91. The number of piperidine rings is 1. The molecular formula is C15H24N4OS. The van der Waals surface area contributed by atoms with Crippen molar-refractivity contribution in [3.63, 3.8) is 0 Å². The smallest absolute Gasteiger partial charge is 0.265 e. The Hall–Kier alpha value is -1.27. The molecule has 1 aliphatic carbocycles. The van der Waals surface area contributed by atoms with Gasteiger partial charge in [-0.05, 0) is 31.6 Å². The third-order valence-corrected chi connectivity index (χ3v) is 5.65. The monoisotopic (exact) mass is 308 g/mol. The van der Waals surface area contributed by atoms with Crippen molar-refractivity contribution in [2.24, 2.45) is 5.73 Å². The maximum Gasteiger partial charge on any atom is 0.265 e. The Kier molecular flexibility index (Phi) is 3.84. The Labute approximate surface area is 129 Å². The van der Waals surface area contributed by atoms with E-state index in [0.717, 1.165) is 25.9 Å². The zero-order chi connectivity index (χ0) is 15.1. The molecule has 2 fully saturated rings. The average Bonchev–Trinajstić information content (AvgIpc) is 3.22. The van der Waals surface area contributed by atoms with Gasteiger partial charge in [-0.2, -0.15) is 0 Å². The Bertz CT molecular complexity index is 542. The predicted octanol–water partition coefficient (Wildman–Crippen LogP) is 1.84. The minimum Gasteiger partial charge on any atom is -0.397 e. The van der Waals surface area contributed by atoms with Crippen LogP contribution in [0.3, 0.4) is 0 Å². The molecular weight excluding hydrogens is 284 g/mol. The summed E-state index contributed by atoms with van der Waals surface area (Å²) in [4.78, 5) is 17.0. The van der Waals surface area contributed by atoms with Gasteiger partial charge in [0.25, 0.3) is 5.91 Å². The highest BCUT2D eigenvalue weighted by Gasteiger charge is 2.35. The number of nitrogens with zero attached hydrogens (tertiary/aromatic N) is 2. The molecule has 2 heterocycles. The van der Waals surface area contributed by atoms with Crippen molar-refractivity contribution in [3.05, 3.63) is 10.4 Å². The average molecular weight is 308 g/mol. The number of nitrogens with two attached hydrogens (primary N) is 2. The van der Waals surface area contributed by atoms with Crippen LogP contribution in [0.1, 0.15) is 46.8 Å². The van der Waals surface area contributed by atoms with Gasteiger partial charge in [0.2, 0.25) is 0 Å². The van der Waals surface area contributed by atoms with E-state index in [2.05, 4.69) is 4.90 Å². The van der Waals surface area contributed by atoms with Crippen molar-refractivity contribution in [2.45, 2.75) is 37.6 Å². The quantitative estimate of drug-likeness (QED) is 0.893. The topological polar surface area (TPSA) is 75.6 Å². The van der Waals surface area contributed by atoms with E-state index in [1.54, 1.807) is 30.3 Å². The van der Waals surface area contributed by atoms with E-state index in [0.29, 0.717) is 22.5 Å². The zero-order valence-corrected chi connectivity index (χ0v) is 13.6. The number of anilines is 2. The van der Waals surface area contributed by atoms with Gasteiger partial charge < -0.3 is 21.3 Å². The third kappa shape index (κ3) is 2.74. The Morgan fingerprint density at radius 2 is 1.86 bits per heavy atom. The Morgan fingerprint density at radius 1 is 1.24 bits per heavy atom. The first-order valence-corrected chi connectivity index (χ1v) is 8.45. The summed E-state index contributed by atoms with van der Waals surface area (Å²) in [5.41, 5.74) is 14.3.